The fourth-order valence-corrected chi connectivity index (χ4v) is 5.75. The van der Waals surface area contributed by atoms with Crippen molar-refractivity contribution in [2.45, 2.75) is 89.9 Å². The van der Waals surface area contributed by atoms with Crippen LogP contribution >= 0.6 is 0 Å². The summed E-state index contributed by atoms with van der Waals surface area (Å²) in [7, 11) is 0. The van der Waals surface area contributed by atoms with Crippen LogP contribution < -0.4 is 5.32 Å². The predicted octanol–water partition coefficient (Wildman–Crippen LogP) is 4.84. The summed E-state index contributed by atoms with van der Waals surface area (Å²) in [5.74, 6) is -2.63. The average Bonchev–Trinajstić information content (AvgIpc) is 3.01. The van der Waals surface area contributed by atoms with Crippen LogP contribution in [-0.4, -0.2) is 39.2 Å². The third kappa shape index (κ3) is 4.86. The van der Waals surface area contributed by atoms with Crippen molar-refractivity contribution < 1.29 is 27.6 Å². The molecule has 0 saturated heterocycles. The molecule has 0 aromatic carbocycles. The molecule has 1 aliphatic heterocycles. The molecule has 2 aliphatic carbocycles. The molecule has 1 aromatic rings. The zero-order valence-corrected chi connectivity index (χ0v) is 20.2. The van der Waals surface area contributed by atoms with E-state index in [1.54, 1.807) is 26.0 Å². The minimum absolute atomic E-state index is 0.0463. The molecule has 1 saturated carbocycles. The number of ketones is 1. The second-order valence-electron chi connectivity index (χ2n) is 10.9. The van der Waals surface area contributed by atoms with Gasteiger partial charge in [-0.15, -0.1) is 0 Å². The van der Waals surface area contributed by atoms with Gasteiger partial charge in [0.2, 0.25) is 11.4 Å². The fraction of sp³-hybridized carbons (Fsp3) is 0.615. The van der Waals surface area contributed by atoms with Gasteiger partial charge >= 0.3 is 6.18 Å². The van der Waals surface area contributed by atoms with E-state index < -0.39 is 40.3 Å². The largest absolute Gasteiger partial charge is 0.425 e. The lowest BCUT2D eigenvalue weighted by Gasteiger charge is -2.35. The van der Waals surface area contributed by atoms with Crippen LogP contribution in [0.2, 0.25) is 0 Å². The second-order valence-corrected chi connectivity index (χ2v) is 10.9. The maximum Gasteiger partial charge on any atom is 0.425 e. The van der Waals surface area contributed by atoms with Gasteiger partial charge in [0.1, 0.15) is 0 Å². The van der Waals surface area contributed by atoms with Crippen LogP contribution in [0.1, 0.15) is 77.2 Å². The molecular weight excluding hydrogens is 459 g/mol. The number of pyridine rings is 1. The van der Waals surface area contributed by atoms with E-state index in [0.717, 1.165) is 37.0 Å². The van der Waals surface area contributed by atoms with Gasteiger partial charge in [0, 0.05) is 30.9 Å². The number of nitrogens with zero attached hydrogens (tertiary/aromatic N) is 2. The first-order chi connectivity index (χ1) is 16.4. The fourth-order valence-electron chi connectivity index (χ4n) is 5.75. The van der Waals surface area contributed by atoms with Crippen LogP contribution in [0.15, 0.2) is 35.8 Å². The van der Waals surface area contributed by atoms with Gasteiger partial charge in [0.25, 0.3) is 5.91 Å². The summed E-state index contributed by atoms with van der Waals surface area (Å²) in [6, 6.07) is 3.29. The first-order valence-electron chi connectivity index (χ1n) is 12.3. The number of carbonyl (C=O) groups is 3. The maximum atomic E-state index is 14.8. The van der Waals surface area contributed by atoms with Crippen molar-refractivity contribution in [3.8, 4) is 0 Å². The Morgan fingerprint density at radius 3 is 2.51 bits per heavy atom. The van der Waals surface area contributed by atoms with Crippen molar-refractivity contribution >= 4 is 17.6 Å². The smallest absolute Gasteiger partial charge is 0.330 e. The van der Waals surface area contributed by atoms with Crippen LogP contribution in [0.5, 0.6) is 0 Å². The monoisotopic (exact) mass is 491 g/mol. The highest BCUT2D eigenvalue weighted by Crippen LogP contribution is 2.52. The Hall–Kier alpha value is -2.71. The number of amides is 2. The number of hydrogen-bond donors (Lipinski definition) is 1. The summed E-state index contributed by atoms with van der Waals surface area (Å²) in [6.45, 7) is 3.42. The molecule has 0 bridgehead atoms. The quantitative estimate of drug-likeness (QED) is 0.617. The highest BCUT2D eigenvalue weighted by atomic mass is 19.4. The Morgan fingerprint density at radius 2 is 1.89 bits per heavy atom. The summed E-state index contributed by atoms with van der Waals surface area (Å²) in [5.41, 5.74) is -4.02. The first kappa shape index (κ1) is 25.4. The number of carbonyl (C=O) groups excluding carboxylic acids is 3. The lowest BCUT2D eigenvalue weighted by atomic mass is 9.72. The maximum absolute atomic E-state index is 14.8. The number of aromatic nitrogens is 1. The van der Waals surface area contributed by atoms with E-state index in [1.165, 1.54) is 12.4 Å². The highest BCUT2D eigenvalue weighted by molar-refractivity contribution is 6.13. The molecule has 2 amide bonds. The molecule has 1 N–H and O–H groups in total. The summed E-state index contributed by atoms with van der Waals surface area (Å²) < 4.78 is 44.4. The predicted molar refractivity (Wildman–Crippen MR) is 123 cm³/mol. The molecule has 3 aliphatic rings. The van der Waals surface area contributed by atoms with Gasteiger partial charge in [-0.3, -0.25) is 19.4 Å². The number of nitrogens with one attached hydrogen (secondary N) is 1. The van der Waals surface area contributed by atoms with Crippen LogP contribution in [-0.2, 0) is 20.9 Å². The Balaban J connectivity index is 1.70. The Morgan fingerprint density at radius 1 is 1.17 bits per heavy atom. The lowest BCUT2D eigenvalue weighted by Crippen LogP contribution is -2.66. The van der Waals surface area contributed by atoms with Gasteiger partial charge < -0.3 is 10.2 Å². The Labute approximate surface area is 203 Å². The van der Waals surface area contributed by atoms with Crippen molar-refractivity contribution in [1.29, 1.82) is 0 Å². The molecule has 1 aromatic heterocycles. The van der Waals surface area contributed by atoms with Gasteiger partial charge in [-0.1, -0.05) is 52.0 Å². The summed E-state index contributed by atoms with van der Waals surface area (Å²) >= 11 is 0. The van der Waals surface area contributed by atoms with Gasteiger partial charge in [-0.05, 0) is 35.8 Å². The minimum atomic E-state index is -5.17. The van der Waals surface area contributed by atoms with E-state index in [-0.39, 0.29) is 31.5 Å². The van der Waals surface area contributed by atoms with Crippen LogP contribution in [0.3, 0.4) is 0 Å². The van der Waals surface area contributed by atoms with Crippen molar-refractivity contribution in [1.82, 2.24) is 15.2 Å². The van der Waals surface area contributed by atoms with E-state index in [9.17, 15) is 27.6 Å². The van der Waals surface area contributed by atoms with Crippen LogP contribution in [0.4, 0.5) is 13.2 Å². The van der Waals surface area contributed by atoms with E-state index in [4.69, 9.17) is 0 Å². The third-order valence-electron chi connectivity index (χ3n) is 7.44. The second kappa shape index (κ2) is 9.39. The third-order valence-corrected chi connectivity index (χ3v) is 7.44. The molecule has 2 heterocycles. The Kier molecular flexibility index (Phi) is 6.81. The van der Waals surface area contributed by atoms with Crippen molar-refractivity contribution in [2.24, 2.45) is 11.3 Å². The normalized spacial score (nSPS) is 25.1. The molecule has 9 heteroatoms. The summed E-state index contributed by atoms with van der Waals surface area (Å²) in [5, 5.41) is 2.04. The zero-order valence-electron chi connectivity index (χ0n) is 20.2. The lowest BCUT2D eigenvalue weighted by molar-refractivity contribution is -0.194. The summed E-state index contributed by atoms with van der Waals surface area (Å²) in [6.07, 6.45) is 3.34. The SMILES string of the molecule is CC1(C)CC(=O)C2=C(C1)N(Cc1cccnc1)C(=O)[C@]2(NC(=O)CCC1CCCCC1)C(F)(F)F. The molecule has 0 unspecified atom stereocenters. The van der Waals surface area contributed by atoms with E-state index in [1.807, 2.05) is 5.32 Å². The molecular formula is C26H32F3N3O3. The van der Waals surface area contributed by atoms with Crippen LogP contribution in [0.25, 0.3) is 0 Å². The number of alkyl halides is 3. The molecule has 0 radical (unpaired) electrons. The number of halogens is 3. The number of Topliss-reactive ketones (excluding diaryl/α,β-unsaturated/α-hetero) is 1. The van der Waals surface area contributed by atoms with Gasteiger partial charge in [-0.25, -0.2) is 0 Å². The first-order valence-corrected chi connectivity index (χ1v) is 12.3. The number of hydrogen-bond acceptors (Lipinski definition) is 4. The standard InChI is InChI=1S/C26H32F3N3O3/c1-24(2)13-19-22(20(33)14-24)25(26(27,28)29,23(35)32(19)16-18-9-6-12-30-15-18)31-21(34)11-10-17-7-4-3-5-8-17/h6,9,12,15,17H,3-5,7-8,10-11,13-14,16H2,1-2H3,(H,31,34)/t25-/m0/s1. The molecule has 1 atom stereocenters. The number of rotatable bonds is 6. The van der Waals surface area contributed by atoms with Crippen LogP contribution in [0, 0.1) is 11.3 Å². The van der Waals surface area contributed by atoms with Crippen molar-refractivity contribution in [2.75, 3.05) is 0 Å². The van der Waals surface area contributed by atoms with E-state index in [2.05, 4.69) is 4.98 Å². The molecule has 0 spiro atoms. The average molecular weight is 492 g/mol. The van der Waals surface area contributed by atoms with Crippen molar-refractivity contribution in [3.63, 3.8) is 0 Å². The minimum Gasteiger partial charge on any atom is -0.330 e. The van der Waals surface area contributed by atoms with Gasteiger partial charge in [0.15, 0.2) is 5.78 Å². The molecule has 6 nitrogen and oxygen atoms in total. The zero-order chi connectivity index (χ0) is 25.4. The molecule has 190 valence electrons. The van der Waals surface area contributed by atoms with Crippen molar-refractivity contribution in [3.05, 3.63) is 41.4 Å². The molecule has 35 heavy (non-hydrogen) atoms. The Bertz CT molecular complexity index is 1030. The van der Waals surface area contributed by atoms with Gasteiger partial charge in [0.05, 0.1) is 12.1 Å². The van der Waals surface area contributed by atoms with E-state index >= 15 is 0 Å². The van der Waals surface area contributed by atoms with Gasteiger partial charge in [-0.2, -0.15) is 13.2 Å². The highest BCUT2D eigenvalue weighted by Gasteiger charge is 2.71. The molecule has 4 rings (SSSR count). The summed E-state index contributed by atoms with van der Waals surface area (Å²) in [4.78, 5) is 44.7. The molecule has 1 fully saturated rings. The number of allylic oxidation sites excluding steroid dienone is 1. The topological polar surface area (TPSA) is 79.4 Å². The van der Waals surface area contributed by atoms with E-state index in [0.29, 0.717) is 17.9 Å².